The zero-order valence-electron chi connectivity index (χ0n) is 7.58. The van der Waals surface area contributed by atoms with E-state index in [9.17, 15) is 8.78 Å². The molecule has 0 amide bonds. The standard InChI is InChI=1S/C8H8ClF2N3S/c9-6-7(14-15-13-6)12-3-1-4-5(2-3)8(4,10)11/h3-5H,1-2H2,(H,12,14). The normalized spacial score (nSPS) is 36.3. The first-order valence-electron chi connectivity index (χ1n) is 4.71. The monoisotopic (exact) mass is 251 g/mol. The summed E-state index contributed by atoms with van der Waals surface area (Å²) in [5, 5.41) is 3.39. The van der Waals surface area contributed by atoms with Gasteiger partial charge in [0.05, 0.1) is 11.7 Å². The van der Waals surface area contributed by atoms with Crippen LogP contribution in [0, 0.1) is 11.8 Å². The van der Waals surface area contributed by atoms with Gasteiger partial charge in [-0.2, -0.15) is 8.75 Å². The smallest absolute Gasteiger partial charge is 0.254 e. The molecule has 82 valence electrons. The number of nitrogens with zero attached hydrogens (tertiary/aromatic N) is 2. The highest BCUT2D eigenvalue weighted by atomic mass is 35.5. The SMILES string of the molecule is FC1(F)C2CC(Nc3nsnc3Cl)CC21. The van der Waals surface area contributed by atoms with Gasteiger partial charge in [-0.05, 0) is 12.8 Å². The van der Waals surface area contributed by atoms with E-state index in [1.165, 1.54) is 0 Å². The highest BCUT2D eigenvalue weighted by Gasteiger charge is 2.71. The molecule has 0 spiro atoms. The molecule has 3 nitrogen and oxygen atoms in total. The van der Waals surface area contributed by atoms with E-state index in [4.69, 9.17) is 11.6 Å². The summed E-state index contributed by atoms with van der Waals surface area (Å²) in [5.41, 5.74) is 0. The van der Waals surface area contributed by atoms with Crippen LogP contribution in [-0.4, -0.2) is 20.7 Å². The van der Waals surface area contributed by atoms with Crippen LogP contribution >= 0.6 is 23.3 Å². The van der Waals surface area contributed by atoms with Gasteiger partial charge in [-0.3, -0.25) is 0 Å². The van der Waals surface area contributed by atoms with Crippen LogP contribution in [-0.2, 0) is 0 Å². The van der Waals surface area contributed by atoms with Gasteiger partial charge in [0.25, 0.3) is 5.92 Å². The van der Waals surface area contributed by atoms with E-state index in [1.807, 2.05) is 0 Å². The van der Waals surface area contributed by atoms with Crippen LogP contribution in [0.25, 0.3) is 0 Å². The first kappa shape index (κ1) is 9.72. The molecule has 2 aliphatic carbocycles. The van der Waals surface area contributed by atoms with Gasteiger partial charge in [-0.15, -0.1) is 0 Å². The van der Waals surface area contributed by atoms with Crippen molar-refractivity contribution in [3.05, 3.63) is 5.15 Å². The topological polar surface area (TPSA) is 37.8 Å². The van der Waals surface area contributed by atoms with Crippen molar-refractivity contribution in [1.29, 1.82) is 0 Å². The number of nitrogens with one attached hydrogen (secondary N) is 1. The van der Waals surface area contributed by atoms with Crippen molar-refractivity contribution in [3.8, 4) is 0 Å². The number of halogens is 3. The molecule has 0 aromatic carbocycles. The number of alkyl halides is 2. The fraction of sp³-hybridized carbons (Fsp3) is 0.750. The Morgan fingerprint density at radius 1 is 1.33 bits per heavy atom. The Morgan fingerprint density at radius 2 is 2.00 bits per heavy atom. The van der Waals surface area contributed by atoms with Crippen molar-refractivity contribution in [3.63, 3.8) is 0 Å². The molecule has 1 heterocycles. The second kappa shape index (κ2) is 3.01. The average Bonchev–Trinajstić information content (AvgIpc) is 2.65. The maximum Gasteiger partial charge on any atom is 0.254 e. The predicted molar refractivity (Wildman–Crippen MR) is 53.5 cm³/mol. The fourth-order valence-electron chi connectivity index (χ4n) is 2.39. The molecule has 1 aromatic heterocycles. The lowest BCUT2D eigenvalue weighted by Crippen LogP contribution is -2.21. The number of hydrogen-bond acceptors (Lipinski definition) is 4. The first-order valence-corrected chi connectivity index (χ1v) is 5.82. The molecule has 1 N–H and O–H groups in total. The molecular weight excluding hydrogens is 244 g/mol. The summed E-state index contributed by atoms with van der Waals surface area (Å²) in [6.45, 7) is 0. The second-order valence-corrected chi connectivity index (χ2v) is 4.99. The highest BCUT2D eigenvalue weighted by molar-refractivity contribution is 6.99. The van der Waals surface area contributed by atoms with Gasteiger partial charge in [0.2, 0.25) is 0 Å². The number of anilines is 1. The van der Waals surface area contributed by atoms with Gasteiger partial charge in [0.15, 0.2) is 11.0 Å². The summed E-state index contributed by atoms with van der Waals surface area (Å²) in [4.78, 5) is 0. The third kappa shape index (κ3) is 1.42. The van der Waals surface area contributed by atoms with Gasteiger partial charge in [-0.1, -0.05) is 11.6 Å². The molecule has 0 aliphatic heterocycles. The number of fused-ring (bicyclic) bond motifs is 1. The molecule has 15 heavy (non-hydrogen) atoms. The molecule has 2 aliphatic rings. The Hall–Kier alpha value is -0.490. The van der Waals surface area contributed by atoms with Crippen molar-refractivity contribution in [2.24, 2.45) is 11.8 Å². The Bertz CT molecular complexity index is 383. The van der Waals surface area contributed by atoms with Crippen molar-refractivity contribution >= 4 is 29.1 Å². The molecule has 2 saturated carbocycles. The summed E-state index contributed by atoms with van der Waals surface area (Å²) < 4.78 is 33.5. The van der Waals surface area contributed by atoms with Crippen LogP contribution < -0.4 is 5.32 Å². The fourth-order valence-corrected chi connectivity index (χ4v) is 3.05. The summed E-state index contributed by atoms with van der Waals surface area (Å²) >= 11 is 6.77. The van der Waals surface area contributed by atoms with Crippen molar-refractivity contribution in [2.45, 2.75) is 24.8 Å². The molecule has 0 radical (unpaired) electrons. The molecule has 0 bridgehead atoms. The van der Waals surface area contributed by atoms with Gasteiger partial charge < -0.3 is 5.32 Å². The van der Waals surface area contributed by atoms with Crippen LogP contribution in [0.15, 0.2) is 0 Å². The lowest BCUT2D eigenvalue weighted by molar-refractivity contribution is 0.0710. The molecule has 0 saturated heterocycles. The molecule has 7 heteroatoms. The molecular formula is C8H8ClF2N3S. The summed E-state index contributed by atoms with van der Waals surface area (Å²) in [7, 11) is 0. The molecule has 3 rings (SSSR count). The van der Waals surface area contributed by atoms with Crippen LogP contribution in [0.4, 0.5) is 14.6 Å². The minimum absolute atomic E-state index is 0.0704. The minimum Gasteiger partial charge on any atom is -0.364 e. The van der Waals surface area contributed by atoms with E-state index in [0.717, 1.165) is 11.7 Å². The van der Waals surface area contributed by atoms with Gasteiger partial charge >= 0.3 is 0 Å². The van der Waals surface area contributed by atoms with E-state index < -0.39 is 17.8 Å². The van der Waals surface area contributed by atoms with Crippen LogP contribution in [0.2, 0.25) is 5.15 Å². The zero-order valence-corrected chi connectivity index (χ0v) is 9.16. The van der Waals surface area contributed by atoms with E-state index in [2.05, 4.69) is 14.1 Å². The first-order chi connectivity index (χ1) is 7.09. The third-order valence-electron chi connectivity index (χ3n) is 3.23. The van der Waals surface area contributed by atoms with E-state index in [1.54, 1.807) is 0 Å². The van der Waals surface area contributed by atoms with Crippen LogP contribution in [0.1, 0.15) is 12.8 Å². The second-order valence-electron chi connectivity index (χ2n) is 4.10. The highest BCUT2D eigenvalue weighted by Crippen LogP contribution is 2.64. The molecule has 1 aromatic rings. The third-order valence-corrected chi connectivity index (χ3v) is 4.12. The van der Waals surface area contributed by atoms with Gasteiger partial charge in [-0.25, -0.2) is 8.78 Å². The number of rotatable bonds is 2. The Labute approximate surface area is 94.2 Å². The molecule has 2 fully saturated rings. The average molecular weight is 252 g/mol. The summed E-state index contributed by atoms with van der Waals surface area (Å²) in [5.74, 6) is -2.75. The van der Waals surface area contributed by atoms with Crippen molar-refractivity contribution < 1.29 is 8.78 Å². The van der Waals surface area contributed by atoms with E-state index in [0.29, 0.717) is 23.8 Å². The van der Waals surface area contributed by atoms with E-state index >= 15 is 0 Å². The quantitative estimate of drug-likeness (QED) is 0.878. The Balaban J connectivity index is 1.63. The predicted octanol–water partition coefficient (Wildman–Crippen LogP) is 2.65. The summed E-state index contributed by atoms with van der Waals surface area (Å²) in [6.07, 6.45) is 1.01. The lowest BCUT2D eigenvalue weighted by atomic mass is 10.1. The Kier molecular flexibility index (Phi) is 1.95. The van der Waals surface area contributed by atoms with Crippen LogP contribution in [0.5, 0.6) is 0 Å². The summed E-state index contributed by atoms with van der Waals surface area (Å²) in [6, 6.07) is 0.0704. The maximum absolute atomic E-state index is 12.9. The molecule has 2 atom stereocenters. The largest absolute Gasteiger partial charge is 0.364 e. The van der Waals surface area contributed by atoms with Crippen molar-refractivity contribution in [1.82, 2.24) is 8.75 Å². The lowest BCUT2D eigenvalue weighted by Gasteiger charge is -2.15. The number of aromatic nitrogens is 2. The zero-order chi connectivity index (χ0) is 10.6. The Morgan fingerprint density at radius 3 is 2.53 bits per heavy atom. The van der Waals surface area contributed by atoms with Crippen molar-refractivity contribution in [2.75, 3.05) is 5.32 Å². The van der Waals surface area contributed by atoms with E-state index in [-0.39, 0.29) is 6.04 Å². The van der Waals surface area contributed by atoms with Crippen LogP contribution in [0.3, 0.4) is 0 Å². The van der Waals surface area contributed by atoms with Gasteiger partial charge in [0.1, 0.15) is 0 Å². The number of hydrogen-bond donors (Lipinski definition) is 1. The minimum atomic E-state index is -2.41. The maximum atomic E-state index is 12.9. The molecule has 2 unspecified atom stereocenters. The van der Waals surface area contributed by atoms with Gasteiger partial charge in [0, 0.05) is 17.9 Å².